The number of amides is 2. The number of halogens is 1. The molecule has 1 aliphatic rings. The van der Waals surface area contributed by atoms with Gasteiger partial charge in [0.25, 0.3) is 0 Å². The largest absolute Gasteiger partial charge is 0.388 e. The minimum atomic E-state index is -0.522. The Balaban J connectivity index is 1.53. The second kappa shape index (κ2) is 7.64. The molecule has 2 aromatic rings. The molecule has 1 unspecified atom stereocenters. The van der Waals surface area contributed by atoms with Crippen molar-refractivity contribution in [1.82, 2.24) is 9.88 Å². The van der Waals surface area contributed by atoms with Gasteiger partial charge in [-0.05, 0) is 48.6 Å². The average Bonchev–Trinajstić information content (AvgIpc) is 2.63. The van der Waals surface area contributed by atoms with E-state index in [0.29, 0.717) is 23.8 Å². The summed E-state index contributed by atoms with van der Waals surface area (Å²) >= 11 is 5.89. The zero-order valence-corrected chi connectivity index (χ0v) is 14.0. The number of urea groups is 1. The molecule has 2 N–H and O–H groups in total. The molecule has 0 saturated carbocycles. The Hall–Kier alpha value is -2.11. The maximum atomic E-state index is 12.3. The van der Waals surface area contributed by atoms with Crippen molar-refractivity contribution < 1.29 is 9.90 Å². The van der Waals surface area contributed by atoms with E-state index in [1.807, 2.05) is 18.2 Å². The fourth-order valence-corrected chi connectivity index (χ4v) is 3.12. The fraction of sp³-hybridized carbons (Fsp3) is 0.333. The number of aliphatic hydroxyl groups excluding tert-OH is 1. The van der Waals surface area contributed by atoms with E-state index in [0.717, 1.165) is 18.4 Å². The fourth-order valence-electron chi connectivity index (χ4n) is 2.99. The molecule has 1 aromatic carbocycles. The molecule has 0 spiro atoms. The summed E-state index contributed by atoms with van der Waals surface area (Å²) in [5.41, 5.74) is 1.56. The van der Waals surface area contributed by atoms with Crippen LogP contribution in [0.2, 0.25) is 5.02 Å². The number of nitrogens with one attached hydrogen (secondary N) is 1. The van der Waals surface area contributed by atoms with Gasteiger partial charge in [-0.1, -0.05) is 23.7 Å². The lowest BCUT2D eigenvalue weighted by molar-refractivity contribution is 0.0683. The smallest absolute Gasteiger partial charge is 0.321 e. The summed E-state index contributed by atoms with van der Waals surface area (Å²) in [6, 6.07) is 10.8. The van der Waals surface area contributed by atoms with Gasteiger partial charge in [-0.2, -0.15) is 0 Å². The van der Waals surface area contributed by atoms with Crippen molar-refractivity contribution in [3.63, 3.8) is 0 Å². The van der Waals surface area contributed by atoms with Gasteiger partial charge in [0.05, 0.1) is 18.0 Å². The van der Waals surface area contributed by atoms with Crippen LogP contribution in [0.4, 0.5) is 10.5 Å². The van der Waals surface area contributed by atoms with Crippen LogP contribution >= 0.6 is 11.6 Å². The summed E-state index contributed by atoms with van der Waals surface area (Å²) in [5.74, 6) is 0.147. The number of rotatable bonds is 3. The number of anilines is 1. The summed E-state index contributed by atoms with van der Waals surface area (Å²) in [6.07, 6.45) is 4.30. The number of hydrogen-bond donors (Lipinski definition) is 2. The average molecular weight is 346 g/mol. The van der Waals surface area contributed by atoms with Gasteiger partial charge >= 0.3 is 6.03 Å². The second-order valence-corrected chi connectivity index (χ2v) is 6.43. The molecule has 6 heteroatoms. The van der Waals surface area contributed by atoms with E-state index >= 15 is 0 Å². The second-order valence-electron chi connectivity index (χ2n) is 5.99. The highest BCUT2D eigenvalue weighted by Gasteiger charge is 2.28. The van der Waals surface area contributed by atoms with Crippen molar-refractivity contribution >= 4 is 23.3 Å². The summed E-state index contributed by atoms with van der Waals surface area (Å²) in [5, 5.41) is 14.0. The zero-order valence-electron chi connectivity index (χ0n) is 13.2. The van der Waals surface area contributed by atoms with Gasteiger partial charge in [-0.3, -0.25) is 4.98 Å². The first-order valence-electron chi connectivity index (χ1n) is 8.03. The van der Waals surface area contributed by atoms with Crippen molar-refractivity contribution in [2.75, 3.05) is 18.4 Å². The van der Waals surface area contributed by atoms with Crippen molar-refractivity contribution in [1.29, 1.82) is 0 Å². The van der Waals surface area contributed by atoms with E-state index in [-0.39, 0.29) is 11.9 Å². The molecule has 24 heavy (non-hydrogen) atoms. The Morgan fingerprint density at radius 2 is 1.96 bits per heavy atom. The van der Waals surface area contributed by atoms with Crippen LogP contribution in [-0.4, -0.2) is 34.1 Å². The zero-order chi connectivity index (χ0) is 16.9. The Morgan fingerprint density at radius 1 is 1.25 bits per heavy atom. The molecular formula is C18H20ClN3O2. The van der Waals surface area contributed by atoms with Gasteiger partial charge in [0.2, 0.25) is 0 Å². The maximum Gasteiger partial charge on any atom is 0.321 e. The van der Waals surface area contributed by atoms with Crippen molar-refractivity contribution in [2.45, 2.75) is 18.9 Å². The lowest BCUT2D eigenvalue weighted by Gasteiger charge is -2.34. The Bertz CT molecular complexity index is 670. The lowest BCUT2D eigenvalue weighted by atomic mass is 9.87. The number of aliphatic hydroxyl groups is 1. The first kappa shape index (κ1) is 16.7. The van der Waals surface area contributed by atoms with E-state index in [4.69, 9.17) is 11.6 Å². The minimum absolute atomic E-state index is 0.123. The molecule has 1 aromatic heterocycles. The highest BCUT2D eigenvalue weighted by Crippen LogP contribution is 2.31. The molecule has 0 aliphatic carbocycles. The van der Waals surface area contributed by atoms with Gasteiger partial charge in [0.15, 0.2) is 0 Å². The third kappa shape index (κ3) is 4.04. The SMILES string of the molecule is O=C(Nc1cccnc1)N1CCC(C(O)c2ccc(Cl)cc2)CC1. The highest BCUT2D eigenvalue weighted by molar-refractivity contribution is 6.30. The molecule has 1 saturated heterocycles. The number of pyridine rings is 1. The normalized spacial score (nSPS) is 16.7. The maximum absolute atomic E-state index is 12.3. The van der Waals surface area contributed by atoms with Crippen LogP contribution in [0.3, 0.4) is 0 Å². The number of aromatic nitrogens is 1. The van der Waals surface area contributed by atoms with Gasteiger partial charge in [-0.25, -0.2) is 4.79 Å². The number of piperidine rings is 1. The standard InChI is InChI=1S/C18H20ClN3O2/c19-15-5-3-13(4-6-15)17(23)14-7-10-22(11-8-14)18(24)21-16-2-1-9-20-12-16/h1-6,9,12,14,17,23H,7-8,10-11H2,(H,21,24). The van der Waals surface area contributed by atoms with Crippen LogP contribution in [0.15, 0.2) is 48.8 Å². The summed E-state index contributed by atoms with van der Waals surface area (Å²) in [7, 11) is 0. The molecule has 1 atom stereocenters. The molecule has 126 valence electrons. The van der Waals surface area contributed by atoms with Crippen LogP contribution in [0.25, 0.3) is 0 Å². The van der Waals surface area contributed by atoms with Crippen molar-refractivity contribution in [2.24, 2.45) is 5.92 Å². The van der Waals surface area contributed by atoms with Gasteiger partial charge in [0.1, 0.15) is 0 Å². The predicted molar refractivity (Wildman–Crippen MR) is 94.0 cm³/mol. The van der Waals surface area contributed by atoms with Crippen molar-refractivity contribution in [3.8, 4) is 0 Å². The van der Waals surface area contributed by atoms with E-state index in [1.165, 1.54) is 0 Å². The molecular weight excluding hydrogens is 326 g/mol. The van der Waals surface area contributed by atoms with E-state index in [9.17, 15) is 9.90 Å². The van der Waals surface area contributed by atoms with Crippen LogP contribution in [0, 0.1) is 5.92 Å². The van der Waals surface area contributed by atoms with Crippen LogP contribution in [0.5, 0.6) is 0 Å². The number of carbonyl (C=O) groups is 1. The first-order chi connectivity index (χ1) is 11.6. The summed E-state index contributed by atoms with van der Waals surface area (Å²) < 4.78 is 0. The molecule has 0 bridgehead atoms. The molecule has 2 amide bonds. The molecule has 0 radical (unpaired) electrons. The molecule has 1 aliphatic heterocycles. The third-order valence-electron chi connectivity index (χ3n) is 4.40. The number of nitrogens with zero attached hydrogens (tertiary/aromatic N) is 2. The number of carbonyl (C=O) groups excluding carboxylic acids is 1. The lowest BCUT2D eigenvalue weighted by Crippen LogP contribution is -2.42. The monoisotopic (exact) mass is 345 g/mol. The molecule has 5 nitrogen and oxygen atoms in total. The van der Waals surface area contributed by atoms with E-state index in [2.05, 4.69) is 10.3 Å². The van der Waals surface area contributed by atoms with Gasteiger partial charge < -0.3 is 15.3 Å². The Kier molecular flexibility index (Phi) is 5.33. The van der Waals surface area contributed by atoms with E-state index in [1.54, 1.807) is 35.5 Å². The Labute approximate surface area is 146 Å². The number of likely N-dealkylation sites (tertiary alicyclic amines) is 1. The molecule has 3 rings (SSSR count). The summed E-state index contributed by atoms with van der Waals surface area (Å²) in [6.45, 7) is 1.25. The molecule has 1 fully saturated rings. The minimum Gasteiger partial charge on any atom is -0.388 e. The molecule has 2 heterocycles. The van der Waals surface area contributed by atoms with Gasteiger partial charge in [0, 0.05) is 24.3 Å². The quantitative estimate of drug-likeness (QED) is 0.891. The predicted octanol–water partition coefficient (Wildman–Crippen LogP) is 3.71. The topological polar surface area (TPSA) is 65.5 Å². The Morgan fingerprint density at radius 3 is 2.58 bits per heavy atom. The van der Waals surface area contributed by atoms with Crippen LogP contribution in [0.1, 0.15) is 24.5 Å². The van der Waals surface area contributed by atoms with E-state index < -0.39 is 6.10 Å². The third-order valence-corrected chi connectivity index (χ3v) is 4.65. The van der Waals surface area contributed by atoms with Crippen LogP contribution < -0.4 is 5.32 Å². The van der Waals surface area contributed by atoms with Crippen LogP contribution in [-0.2, 0) is 0 Å². The summed E-state index contributed by atoms with van der Waals surface area (Å²) in [4.78, 5) is 18.0. The number of hydrogen-bond acceptors (Lipinski definition) is 3. The van der Waals surface area contributed by atoms with Gasteiger partial charge in [-0.15, -0.1) is 0 Å². The van der Waals surface area contributed by atoms with Crippen molar-refractivity contribution in [3.05, 3.63) is 59.4 Å². The highest BCUT2D eigenvalue weighted by atomic mass is 35.5. The first-order valence-corrected chi connectivity index (χ1v) is 8.41. The number of benzene rings is 1.